The van der Waals surface area contributed by atoms with Crippen LogP contribution in [0.2, 0.25) is 0 Å². The van der Waals surface area contributed by atoms with E-state index in [1.807, 2.05) is 31.2 Å². The third-order valence-corrected chi connectivity index (χ3v) is 3.76. The number of hydrogen-bond acceptors (Lipinski definition) is 5. The fraction of sp³-hybridized carbons (Fsp3) is 0.235. The van der Waals surface area contributed by atoms with Gasteiger partial charge in [0.25, 0.3) is 0 Å². The molecule has 1 aromatic carbocycles. The van der Waals surface area contributed by atoms with Gasteiger partial charge >= 0.3 is 5.97 Å². The predicted octanol–water partition coefficient (Wildman–Crippen LogP) is 3.63. The van der Waals surface area contributed by atoms with Crippen LogP contribution in [0.5, 0.6) is 5.75 Å². The van der Waals surface area contributed by atoms with Crippen molar-refractivity contribution in [2.45, 2.75) is 13.8 Å². The van der Waals surface area contributed by atoms with E-state index in [0.717, 1.165) is 17.0 Å². The number of carbonyl (C=O) groups excluding carboxylic acids is 1. The number of nitrogens with one attached hydrogen (secondary N) is 1. The molecule has 0 aliphatic carbocycles. The SMILES string of the molecule is CCOC(=O)c1cnn2c(=S)cc(-c3ccc(OCC)cc3)[nH]c12. The Hall–Kier alpha value is -2.67. The maximum Gasteiger partial charge on any atom is 0.343 e. The number of fused-ring (bicyclic) bond motifs is 1. The summed E-state index contributed by atoms with van der Waals surface area (Å²) in [7, 11) is 0. The third-order valence-electron chi connectivity index (χ3n) is 3.47. The van der Waals surface area contributed by atoms with Crippen molar-refractivity contribution < 1.29 is 14.3 Å². The van der Waals surface area contributed by atoms with Gasteiger partial charge < -0.3 is 14.5 Å². The lowest BCUT2D eigenvalue weighted by molar-refractivity contribution is 0.0528. The van der Waals surface area contributed by atoms with Crippen LogP contribution < -0.4 is 4.74 Å². The first kappa shape index (κ1) is 16.2. The summed E-state index contributed by atoms with van der Waals surface area (Å²) in [5.74, 6) is 0.375. The molecule has 7 heteroatoms. The summed E-state index contributed by atoms with van der Waals surface area (Å²) in [6.45, 7) is 4.62. The normalized spacial score (nSPS) is 10.8. The summed E-state index contributed by atoms with van der Waals surface area (Å²) < 4.78 is 12.5. The molecule has 6 nitrogen and oxygen atoms in total. The molecule has 3 rings (SSSR count). The first-order chi connectivity index (χ1) is 11.6. The minimum Gasteiger partial charge on any atom is -0.494 e. The van der Waals surface area contributed by atoms with Crippen molar-refractivity contribution in [2.75, 3.05) is 13.2 Å². The average molecular weight is 343 g/mol. The molecule has 2 aromatic heterocycles. The van der Waals surface area contributed by atoms with Crippen LogP contribution in [0.4, 0.5) is 0 Å². The van der Waals surface area contributed by atoms with Gasteiger partial charge in [-0.15, -0.1) is 0 Å². The monoisotopic (exact) mass is 343 g/mol. The smallest absolute Gasteiger partial charge is 0.343 e. The summed E-state index contributed by atoms with van der Waals surface area (Å²) in [5.41, 5.74) is 2.60. The van der Waals surface area contributed by atoms with Crippen LogP contribution in [0.25, 0.3) is 16.9 Å². The van der Waals surface area contributed by atoms with E-state index < -0.39 is 5.97 Å². The zero-order valence-electron chi connectivity index (χ0n) is 13.4. The molecule has 0 bridgehead atoms. The van der Waals surface area contributed by atoms with Gasteiger partial charge in [0.15, 0.2) is 0 Å². The molecule has 0 radical (unpaired) electrons. The molecule has 2 heterocycles. The highest BCUT2D eigenvalue weighted by molar-refractivity contribution is 7.71. The van der Waals surface area contributed by atoms with Gasteiger partial charge in [-0.3, -0.25) is 0 Å². The lowest BCUT2D eigenvalue weighted by Crippen LogP contribution is -2.05. The third kappa shape index (κ3) is 3.03. The van der Waals surface area contributed by atoms with Crippen LogP contribution >= 0.6 is 12.2 Å². The molecule has 0 amide bonds. The Bertz CT molecular complexity index is 928. The predicted molar refractivity (Wildman–Crippen MR) is 92.9 cm³/mol. The number of benzene rings is 1. The summed E-state index contributed by atoms with van der Waals surface area (Å²) in [4.78, 5) is 15.3. The molecular formula is C17H17N3O3S. The van der Waals surface area contributed by atoms with E-state index in [1.165, 1.54) is 10.7 Å². The van der Waals surface area contributed by atoms with E-state index in [1.54, 1.807) is 13.0 Å². The zero-order chi connectivity index (χ0) is 17.1. The van der Waals surface area contributed by atoms with E-state index in [-0.39, 0.29) is 0 Å². The lowest BCUT2D eigenvalue weighted by atomic mass is 10.1. The molecule has 0 aliphatic rings. The van der Waals surface area contributed by atoms with E-state index in [9.17, 15) is 4.79 Å². The van der Waals surface area contributed by atoms with Gasteiger partial charge in [-0.25, -0.2) is 9.31 Å². The molecule has 24 heavy (non-hydrogen) atoms. The lowest BCUT2D eigenvalue weighted by Gasteiger charge is -2.07. The second-order valence-electron chi connectivity index (χ2n) is 5.02. The Balaban J connectivity index is 2.07. The van der Waals surface area contributed by atoms with E-state index in [4.69, 9.17) is 21.7 Å². The minimum absolute atomic E-state index is 0.301. The van der Waals surface area contributed by atoms with Gasteiger partial charge in [0.2, 0.25) is 0 Å². The molecular weight excluding hydrogens is 326 g/mol. The highest BCUT2D eigenvalue weighted by atomic mass is 32.1. The average Bonchev–Trinajstić information content (AvgIpc) is 3.01. The molecule has 124 valence electrons. The summed E-state index contributed by atoms with van der Waals surface area (Å²) >= 11 is 5.38. The fourth-order valence-electron chi connectivity index (χ4n) is 2.40. The van der Waals surface area contributed by atoms with Gasteiger partial charge in [-0.2, -0.15) is 5.10 Å². The molecule has 0 unspecified atom stereocenters. The van der Waals surface area contributed by atoms with Crippen molar-refractivity contribution >= 4 is 23.8 Å². The molecule has 0 saturated carbocycles. The van der Waals surface area contributed by atoms with Crippen molar-refractivity contribution in [2.24, 2.45) is 0 Å². The number of carbonyl (C=O) groups is 1. The molecule has 0 fully saturated rings. The van der Waals surface area contributed by atoms with Crippen molar-refractivity contribution in [1.29, 1.82) is 0 Å². The number of aromatic amines is 1. The fourth-order valence-corrected chi connectivity index (χ4v) is 2.65. The van der Waals surface area contributed by atoms with Crippen LogP contribution in [0.15, 0.2) is 36.5 Å². The maximum absolute atomic E-state index is 12.0. The first-order valence-corrected chi connectivity index (χ1v) is 8.06. The van der Waals surface area contributed by atoms with Crippen molar-refractivity contribution in [1.82, 2.24) is 14.6 Å². The van der Waals surface area contributed by atoms with Crippen LogP contribution in [-0.2, 0) is 4.74 Å². The van der Waals surface area contributed by atoms with Gasteiger partial charge in [-0.05, 0) is 49.7 Å². The van der Waals surface area contributed by atoms with Crippen molar-refractivity contribution in [3.05, 3.63) is 46.7 Å². The van der Waals surface area contributed by atoms with Crippen LogP contribution in [0.3, 0.4) is 0 Å². The zero-order valence-corrected chi connectivity index (χ0v) is 14.2. The standard InChI is InChI=1S/C17H17N3O3S/c1-3-22-12-7-5-11(6-8-12)14-9-15(24)20-16(19-14)13(10-18-20)17(21)23-4-2/h5-10,19H,3-4H2,1-2H3. The van der Waals surface area contributed by atoms with Crippen molar-refractivity contribution in [3.8, 4) is 17.0 Å². The maximum atomic E-state index is 12.0. The summed E-state index contributed by atoms with van der Waals surface area (Å²) in [6, 6.07) is 9.45. The highest BCUT2D eigenvalue weighted by Gasteiger charge is 2.16. The Morgan fingerprint density at radius 1 is 1.25 bits per heavy atom. The van der Waals surface area contributed by atoms with Gasteiger partial charge in [0.05, 0.1) is 19.4 Å². The highest BCUT2D eigenvalue weighted by Crippen LogP contribution is 2.23. The second kappa shape index (κ2) is 6.84. The number of ether oxygens (including phenoxy) is 2. The Morgan fingerprint density at radius 3 is 2.67 bits per heavy atom. The minimum atomic E-state index is -0.429. The quantitative estimate of drug-likeness (QED) is 0.566. The molecule has 0 atom stereocenters. The Kier molecular flexibility index (Phi) is 4.61. The Morgan fingerprint density at radius 2 is 2.00 bits per heavy atom. The summed E-state index contributed by atoms with van der Waals surface area (Å²) in [6.07, 6.45) is 1.46. The summed E-state index contributed by atoms with van der Waals surface area (Å²) in [5, 5.41) is 4.16. The number of aromatic nitrogens is 3. The van der Waals surface area contributed by atoms with E-state index >= 15 is 0 Å². The van der Waals surface area contributed by atoms with Crippen LogP contribution in [0.1, 0.15) is 24.2 Å². The molecule has 0 saturated heterocycles. The van der Waals surface area contributed by atoms with Gasteiger partial charge in [0.1, 0.15) is 21.6 Å². The second-order valence-corrected chi connectivity index (χ2v) is 5.44. The molecule has 0 spiro atoms. The first-order valence-electron chi connectivity index (χ1n) is 7.65. The molecule has 3 aromatic rings. The van der Waals surface area contributed by atoms with E-state index in [2.05, 4.69) is 10.1 Å². The van der Waals surface area contributed by atoms with Crippen molar-refractivity contribution in [3.63, 3.8) is 0 Å². The topological polar surface area (TPSA) is 68.6 Å². The van der Waals surface area contributed by atoms with Crippen LogP contribution in [0, 0.1) is 4.64 Å². The largest absolute Gasteiger partial charge is 0.494 e. The number of esters is 1. The molecule has 0 aliphatic heterocycles. The number of rotatable bonds is 5. The Labute approximate surface area is 144 Å². The molecule has 1 N–H and O–H groups in total. The van der Waals surface area contributed by atoms with E-state index in [0.29, 0.717) is 29.1 Å². The number of H-pyrrole nitrogens is 1. The van der Waals surface area contributed by atoms with Crippen LogP contribution in [-0.4, -0.2) is 33.8 Å². The van der Waals surface area contributed by atoms with Gasteiger partial charge in [0, 0.05) is 5.69 Å². The van der Waals surface area contributed by atoms with Gasteiger partial charge in [-0.1, -0.05) is 12.2 Å². The number of nitrogens with zero attached hydrogens (tertiary/aromatic N) is 2. The number of hydrogen-bond donors (Lipinski definition) is 1.